The lowest BCUT2D eigenvalue weighted by Crippen LogP contribution is -2.19. The van der Waals surface area contributed by atoms with Crippen LogP contribution in [0, 0.1) is 11.3 Å². The Morgan fingerprint density at radius 3 is 2.57 bits per heavy atom. The van der Waals surface area contributed by atoms with Gasteiger partial charge in [-0.25, -0.2) is 0 Å². The van der Waals surface area contributed by atoms with Gasteiger partial charge in [0.1, 0.15) is 5.75 Å². The van der Waals surface area contributed by atoms with Crippen LogP contribution in [0.3, 0.4) is 0 Å². The molecule has 0 saturated heterocycles. The van der Waals surface area contributed by atoms with Crippen LogP contribution < -0.4 is 10.5 Å². The van der Waals surface area contributed by atoms with Crippen molar-refractivity contribution in [1.29, 1.82) is 5.26 Å². The van der Waals surface area contributed by atoms with Crippen LogP contribution in [0.5, 0.6) is 5.75 Å². The first kappa shape index (κ1) is 10.1. The summed E-state index contributed by atoms with van der Waals surface area (Å²) < 4.78 is 5.04. The molecule has 4 heteroatoms. The van der Waals surface area contributed by atoms with Crippen molar-refractivity contribution in [3.8, 4) is 11.8 Å². The van der Waals surface area contributed by atoms with E-state index < -0.39 is 5.91 Å². The maximum Gasteiger partial charge on any atom is 0.255 e. The minimum absolute atomic E-state index is 0.127. The summed E-state index contributed by atoms with van der Waals surface area (Å²) in [6, 6.07) is 9.00. The standard InChI is InChI=1S/C10H10N2O2/c11-6-5-8-1-3-9(4-2-8)14-7-10(12)13/h1-4H,5,7H2,(H2,12,13). The Morgan fingerprint density at radius 1 is 1.43 bits per heavy atom. The van der Waals surface area contributed by atoms with Crippen LogP contribution in [0.1, 0.15) is 5.56 Å². The molecule has 1 rings (SSSR count). The van der Waals surface area contributed by atoms with Gasteiger partial charge >= 0.3 is 0 Å². The number of hydrogen-bond donors (Lipinski definition) is 1. The Balaban J connectivity index is 2.56. The average molecular weight is 190 g/mol. The predicted molar refractivity (Wildman–Crippen MR) is 50.4 cm³/mol. The van der Waals surface area contributed by atoms with Crippen LogP contribution in [0.25, 0.3) is 0 Å². The summed E-state index contributed by atoms with van der Waals surface area (Å²) in [7, 11) is 0. The van der Waals surface area contributed by atoms with E-state index in [9.17, 15) is 4.79 Å². The third-order valence-corrected chi connectivity index (χ3v) is 1.59. The number of carbonyl (C=O) groups is 1. The zero-order valence-electron chi connectivity index (χ0n) is 7.56. The van der Waals surface area contributed by atoms with Gasteiger partial charge in [0, 0.05) is 0 Å². The molecule has 14 heavy (non-hydrogen) atoms. The van der Waals surface area contributed by atoms with Crippen molar-refractivity contribution in [1.82, 2.24) is 0 Å². The maximum atomic E-state index is 10.4. The Labute approximate surface area is 81.9 Å². The van der Waals surface area contributed by atoms with Crippen LogP contribution in [0.15, 0.2) is 24.3 Å². The normalized spacial score (nSPS) is 9.07. The SMILES string of the molecule is N#CCc1ccc(OCC(N)=O)cc1. The molecule has 0 aliphatic heterocycles. The number of hydrogen-bond acceptors (Lipinski definition) is 3. The van der Waals surface area contributed by atoms with Gasteiger partial charge in [-0.05, 0) is 17.7 Å². The molecule has 1 aromatic carbocycles. The molecule has 0 bridgehead atoms. The summed E-state index contributed by atoms with van der Waals surface area (Å²) >= 11 is 0. The fourth-order valence-corrected chi connectivity index (χ4v) is 0.949. The Bertz CT molecular complexity index is 351. The summed E-state index contributed by atoms with van der Waals surface area (Å²) in [6.07, 6.45) is 0.371. The molecular formula is C10H10N2O2. The van der Waals surface area contributed by atoms with E-state index in [2.05, 4.69) is 0 Å². The highest BCUT2D eigenvalue weighted by molar-refractivity contribution is 5.75. The van der Waals surface area contributed by atoms with E-state index in [1.165, 1.54) is 0 Å². The monoisotopic (exact) mass is 190 g/mol. The van der Waals surface area contributed by atoms with Crippen molar-refractivity contribution >= 4 is 5.91 Å². The van der Waals surface area contributed by atoms with Crippen molar-refractivity contribution < 1.29 is 9.53 Å². The second-order valence-electron chi connectivity index (χ2n) is 2.73. The van der Waals surface area contributed by atoms with E-state index in [0.717, 1.165) is 5.56 Å². The van der Waals surface area contributed by atoms with E-state index in [1.54, 1.807) is 24.3 Å². The smallest absolute Gasteiger partial charge is 0.255 e. The molecule has 0 saturated carbocycles. The van der Waals surface area contributed by atoms with Crippen molar-refractivity contribution in [2.75, 3.05) is 6.61 Å². The van der Waals surface area contributed by atoms with Crippen molar-refractivity contribution in [2.24, 2.45) is 5.73 Å². The number of ether oxygens (including phenoxy) is 1. The highest BCUT2D eigenvalue weighted by Gasteiger charge is 1.97. The summed E-state index contributed by atoms with van der Waals surface area (Å²) in [5, 5.41) is 8.42. The van der Waals surface area contributed by atoms with Crippen LogP contribution >= 0.6 is 0 Å². The van der Waals surface area contributed by atoms with Crippen LogP contribution in [-0.2, 0) is 11.2 Å². The van der Waals surface area contributed by atoms with E-state index in [-0.39, 0.29) is 6.61 Å². The Hall–Kier alpha value is -2.02. The third-order valence-electron chi connectivity index (χ3n) is 1.59. The largest absolute Gasteiger partial charge is 0.484 e. The molecule has 0 atom stereocenters. The lowest BCUT2D eigenvalue weighted by Gasteiger charge is -2.03. The predicted octanol–water partition coefficient (Wildman–Crippen LogP) is 0.617. The Morgan fingerprint density at radius 2 is 2.07 bits per heavy atom. The molecule has 2 N–H and O–H groups in total. The molecular weight excluding hydrogens is 180 g/mol. The number of nitrogens with zero attached hydrogens (tertiary/aromatic N) is 1. The summed E-state index contributed by atoms with van der Waals surface area (Å²) in [5.41, 5.74) is 5.83. The highest BCUT2D eigenvalue weighted by Crippen LogP contribution is 2.11. The number of amides is 1. The highest BCUT2D eigenvalue weighted by atomic mass is 16.5. The average Bonchev–Trinajstić information content (AvgIpc) is 2.17. The molecule has 0 spiro atoms. The van der Waals surface area contributed by atoms with Crippen LogP contribution in [0.4, 0.5) is 0 Å². The first-order valence-electron chi connectivity index (χ1n) is 4.09. The van der Waals surface area contributed by atoms with Crippen LogP contribution in [-0.4, -0.2) is 12.5 Å². The van der Waals surface area contributed by atoms with Crippen molar-refractivity contribution in [2.45, 2.75) is 6.42 Å². The lowest BCUT2D eigenvalue weighted by molar-refractivity contribution is -0.119. The quantitative estimate of drug-likeness (QED) is 0.755. The second kappa shape index (κ2) is 4.87. The van der Waals surface area contributed by atoms with Gasteiger partial charge in [0.2, 0.25) is 0 Å². The fourth-order valence-electron chi connectivity index (χ4n) is 0.949. The van der Waals surface area contributed by atoms with Gasteiger partial charge in [-0.1, -0.05) is 12.1 Å². The summed E-state index contributed by atoms with van der Waals surface area (Å²) in [4.78, 5) is 10.4. The van der Waals surface area contributed by atoms with Gasteiger partial charge in [-0.3, -0.25) is 4.79 Å². The minimum atomic E-state index is -0.508. The fraction of sp³-hybridized carbons (Fsp3) is 0.200. The molecule has 0 radical (unpaired) electrons. The number of carbonyl (C=O) groups excluding carboxylic acids is 1. The van der Waals surface area contributed by atoms with Gasteiger partial charge in [-0.15, -0.1) is 0 Å². The lowest BCUT2D eigenvalue weighted by atomic mass is 10.2. The molecule has 0 aliphatic carbocycles. The number of nitriles is 1. The van der Waals surface area contributed by atoms with Gasteiger partial charge in [0.25, 0.3) is 5.91 Å². The molecule has 1 amide bonds. The van der Waals surface area contributed by atoms with Crippen molar-refractivity contribution in [3.05, 3.63) is 29.8 Å². The number of rotatable bonds is 4. The molecule has 72 valence electrons. The van der Waals surface area contributed by atoms with E-state index in [1.807, 2.05) is 6.07 Å². The number of benzene rings is 1. The first-order valence-corrected chi connectivity index (χ1v) is 4.09. The minimum Gasteiger partial charge on any atom is -0.484 e. The molecule has 1 aromatic rings. The molecule has 0 unspecified atom stereocenters. The molecule has 0 aliphatic rings. The first-order chi connectivity index (χ1) is 6.72. The Kier molecular flexibility index (Phi) is 3.50. The molecule has 0 fully saturated rings. The summed E-state index contributed by atoms with van der Waals surface area (Å²) in [5.74, 6) is 0.0663. The van der Waals surface area contributed by atoms with E-state index in [0.29, 0.717) is 12.2 Å². The zero-order chi connectivity index (χ0) is 10.4. The third kappa shape index (κ3) is 3.15. The van der Waals surface area contributed by atoms with Gasteiger partial charge in [0.15, 0.2) is 6.61 Å². The van der Waals surface area contributed by atoms with Gasteiger partial charge in [-0.2, -0.15) is 5.26 Å². The van der Waals surface area contributed by atoms with Gasteiger partial charge < -0.3 is 10.5 Å². The molecule has 0 heterocycles. The molecule has 4 nitrogen and oxygen atoms in total. The van der Waals surface area contributed by atoms with Crippen LogP contribution in [0.2, 0.25) is 0 Å². The van der Waals surface area contributed by atoms with E-state index in [4.69, 9.17) is 15.7 Å². The molecule has 0 aromatic heterocycles. The number of primary amides is 1. The zero-order valence-corrected chi connectivity index (χ0v) is 7.56. The summed E-state index contributed by atoms with van der Waals surface area (Å²) in [6.45, 7) is -0.127. The second-order valence-corrected chi connectivity index (χ2v) is 2.73. The van der Waals surface area contributed by atoms with Gasteiger partial charge in [0.05, 0.1) is 12.5 Å². The van der Waals surface area contributed by atoms with E-state index >= 15 is 0 Å². The maximum absolute atomic E-state index is 10.4. The number of nitrogens with two attached hydrogens (primary N) is 1. The van der Waals surface area contributed by atoms with Crippen molar-refractivity contribution in [3.63, 3.8) is 0 Å². The topological polar surface area (TPSA) is 76.1 Å².